The van der Waals surface area contributed by atoms with Crippen molar-refractivity contribution in [2.24, 2.45) is 7.05 Å². The second-order valence-corrected chi connectivity index (χ2v) is 6.70. The van der Waals surface area contributed by atoms with Gasteiger partial charge < -0.3 is 9.47 Å². The Morgan fingerprint density at radius 2 is 2.12 bits per heavy atom. The highest BCUT2D eigenvalue weighted by Gasteiger charge is 2.28. The number of nitrogens with zero attached hydrogens (tertiary/aromatic N) is 6. The van der Waals surface area contributed by atoms with Crippen LogP contribution in [0.1, 0.15) is 40.8 Å². The lowest BCUT2D eigenvalue weighted by molar-refractivity contribution is 0.0696. The number of aromatic nitrogens is 5. The zero-order valence-electron chi connectivity index (χ0n) is 14.8. The van der Waals surface area contributed by atoms with Gasteiger partial charge in [-0.3, -0.25) is 14.5 Å². The molecule has 26 heavy (non-hydrogen) atoms. The molecular formula is C19H22N6O. The molecule has 7 heteroatoms. The molecule has 3 aromatic rings. The third kappa shape index (κ3) is 3.37. The van der Waals surface area contributed by atoms with Crippen LogP contribution in [0.2, 0.25) is 0 Å². The van der Waals surface area contributed by atoms with E-state index in [9.17, 15) is 4.79 Å². The highest BCUT2D eigenvalue weighted by atomic mass is 16.2. The van der Waals surface area contributed by atoms with E-state index in [1.807, 2.05) is 42.5 Å². The van der Waals surface area contributed by atoms with Crippen LogP contribution in [-0.2, 0) is 13.6 Å². The molecule has 1 aliphatic heterocycles. The first kappa shape index (κ1) is 16.5. The van der Waals surface area contributed by atoms with Crippen molar-refractivity contribution in [2.45, 2.75) is 25.3 Å². The second kappa shape index (κ2) is 7.11. The number of imidazole rings is 1. The largest absolute Gasteiger partial charge is 0.337 e. The van der Waals surface area contributed by atoms with Crippen molar-refractivity contribution < 1.29 is 4.79 Å². The van der Waals surface area contributed by atoms with Crippen LogP contribution < -0.4 is 0 Å². The lowest BCUT2D eigenvalue weighted by Crippen LogP contribution is -2.40. The highest BCUT2D eigenvalue weighted by molar-refractivity contribution is 5.92. The number of pyridine rings is 1. The quantitative estimate of drug-likeness (QED) is 0.722. The Hall–Kier alpha value is -2.96. The topological polar surface area (TPSA) is 68.8 Å². The van der Waals surface area contributed by atoms with Gasteiger partial charge in [0.15, 0.2) is 0 Å². The monoisotopic (exact) mass is 350 g/mol. The van der Waals surface area contributed by atoms with Gasteiger partial charge in [0.1, 0.15) is 11.5 Å². The van der Waals surface area contributed by atoms with Gasteiger partial charge >= 0.3 is 0 Å². The molecule has 0 spiro atoms. The minimum atomic E-state index is -0.00173. The maximum absolute atomic E-state index is 12.7. The summed E-state index contributed by atoms with van der Waals surface area (Å²) in [7, 11) is 1.82. The number of amides is 1. The molecule has 0 radical (unpaired) electrons. The molecule has 0 unspecified atom stereocenters. The zero-order valence-corrected chi connectivity index (χ0v) is 14.8. The Balaban J connectivity index is 1.50. The lowest BCUT2D eigenvalue weighted by atomic mass is 9.96. The standard InChI is InChI=1S/C19H22N6O/c1-23-11-7-17(22-23)19(26)25-10-4-5-15(13-25)18-21-9-12-24(18)14-16-6-2-3-8-20-16/h2-3,6-9,11-12,15H,4-5,10,13-14H2,1H3/t15-/m0/s1. The zero-order chi connectivity index (χ0) is 17.9. The van der Waals surface area contributed by atoms with Gasteiger partial charge in [0.05, 0.1) is 12.2 Å². The summed E-state index contributed by atoms with van der Waals surface area (Å²) in [6.07, 6.45) is 9.43. The van der Waals surface area contributed by atoms with Crippen LogP contribution in [0.3, 0.4) is 0 Å². The summed E-state index contributed by atoms with van der Waals surface area (Å²) >= 11 is 0. The highest BCUT2D eigenvalue weighted by Crippen LogP contribution is 2.27. The molecular weight excluding hydrogens is 328 g/mol. The van der Waals surface area contributed by atoms with Gasteiger partial charge in [-0.15, -0.1) is 0 Å². The van der Waals surface area contributed by atoms with Crippen molar-refractivity contribution in [2.75, 3.05) is 13.1 Å². The van der Waals surface area contributed by atoms with E-state index >= 15 is 0 Å². The summed E-state index contributed by atoms with van der Waals surface area (Å²) in [4.78, 5) is 23.6. The Morgan fingerprint density at radius 1 is 1.19 bits per heavy atom. The molecule has 0 bridgehead atoms. The van der Waals surface area contributed by atoms with Crippen LogP contribution in [0.5, 0.6) is 0 Å². The Labute approximate surface area is 152 Å². The van der Waals surface area contributed by atoms with Crippen LogP contribution in [0.4, 0.5) is 0 Å². The molecule has 1 amide bonds. The SMILES string of the molecule is Cn1ccc(C(=O)N2CCC[C@H](c3nccn3Cc3ccccn3)C2)n1. The molecule has 3 aromatic heterocycles. The van der Waals surface area contributed by atoms with E-state index in [4.69, 9.17) is 0 Å². The molecule has 0 N–H and O–H groups in total. The van der Waals surface area contributed by atoms with Crippen molar-refractivity contribution in [3.8, 4) is 0 Å². The third-order valence-electron chi connectivity index (χ3n) is 4.81. The number of hydrogen-bond donors (Lipinski definition) is 0. The van der Waals surface area contributed by atoms with Gasteiger partial charge in [0, 0.05) is 50.8 Å². The van der Waals surface area contributed by atoms with E-state index < -0.39 is 0 Å². The number of likely N-dealkylation sites (tertiary alicyclic amines) is 1. The van der Waals surface area contributed by atoms with Crippen molar-refractivity contribution in [3.63, 3.8) is 0 Å². The number of carbonyl (C=O) groups excluding carboxylic acids is 1. The Kier molecular flexibility index (Phi) is 4.51. The number of hydrogen-bond acceptors (Lipinski definition) is 4. The van der Waals surface area contributed by atoms with E-state index in [2.05, 4.69) is 19.6 Å². The minimum Gasteiger partial charge on any atom is -0.337 e. The van der Waals surface area contributed by atoms with Gasteiger partial charge in [0.25, 0.3) is 5.91 Å². The molecule has 1 saturated heterocycles. The first-order chi connectivity index (χ1) is 12.7. The molecule has 134 valence electrons. The minimum absolute atomic E-state index is 0.00173. The normalized spacial score (nSPS) is 17.4. The van der Waals surface area contributed by atoms with Crippen LogP contribution in [-0.4, -0.2) is 48.2 Å². The lowest BCUT2D eigenvalue weighted by Gasteiger charge is -2.32. The molecule has 4 rings (SSSR count). The summed E-state index contributed by atoms with van der Waals surface area (Å²) in [5, 5.41) is 4.24. The first-order valence-electron chi connectivity index (χ1n) is 8.90. The van der Waals surface area contributed by atoms with Crippen LogP contribution in [0.15, 0.2) is 49.1 Å². The average molecular weight is 350 g/mol. The summed E-state index contributed by atoms with van der Waals surface area (Å²) < 4.78 is 3.80. The van der Waals surface area contributed by atoms with Crippen molar-refractivity contribution >= 4 is 5.91 Å². The van der Waals surface area contributed by atoms with E-state index in [-0.39, 0.29) is 11.8 Å². The van der Waals surface area contributed by atoms with Crippen LogP contribution >= 0.6 is 0 Å². The van der Waals surface area contributed by atoms with E-state index in [1.54, 1.807) is 23.1 Å². The fourth-order valence-corrected chi connectivity index (χ4v) is 3.54. The van der Waals surface area contributed by atoms with E-state index in [0.29, 0.717) is 18.8 Å². The predicted octanol–water partition coefficient (Wildman–Crippen LogP) is 2.08. The maximum Gasteiger partial charge on any atom is 0.274 e. The first-order valence-corrected chi connectivity index (χ1v) is 8.90. The number of rotatable bonds is 4. The summed E-state index contributed by atoms with van der Waals surface area (Å²) in [5.74, 6) is 1.25. The van der Waals surface area contributed by atoms with Gasteiger partial charge in [-0.2, -0.15) is 5.10 Å². The Bertz CT molecular complexity index is 884. The Morgan fingerprint density at radius 3 is 2.88 bits per heavy atom. The fraction of sp³-hybridized carbons (Fsp3) is 0.368. The second-order valence-electron chi connectivity index (χ2n) is 6.70. The molecule has 1 atom stereocenters. The van der Waals surface area contributed by atoms with Crippen molar-refractivity contribution in [1.29, 1.82) is 0 Å². The number of aryl methyl sites for hydroxylation is 1. The fourth-order valence-electron chi connectivity index (χ4n) is 3.54. The maximum atomic E-state index is 12.7. The van der Waals surface area contributed by atoms with Crippen LogP contribution in [0, 0.1) is 0 Å². The smallest absolute Gasteiger partial charge is 0.274 e. The molecule has 1 aliphatic rings. The number of carbonyl (C=O) groups is 1. The summed E-state index contributed by atoms with van der Waals surface area (Å²) in [6.45, 7) is 2.14. The predicted molar refractivity (Wildman–Crippen MR) is 96.7 cm³/mol. The van der Waals surface area contributed by atoms with Crippen LogP contribution in [0.25, 0.3) is 0 Å². The summed E-state index contributed by atoms with van der Waals surface area (Å²) in [6, 6.07) is 7.70. The third-order valence-corrected chi connectivity index (χ3v) is 4.81. The van der Waals surface area contributed by atoms with Gasteiger partial charge in [0.2, 0.25) is 0 Å². The van der Waals surface area contributed by atoms with Crippen molar-refractivity contribution in [1.82, 2.24) is 29.2 Å². The number of piperidine rings is 1. The summed E-state index contributed by atoms with van der Waals surface area (Å²) in [5.41, 5.74) is 1.51. The van der Waals surface area contributed by atoms with Crippen molar-refractivity contribution in [3.05, 3.63) is 66.3 Å². The van der Waals surface area contributed by atoms with E-state index in [1.165, 1.54) is 0 Å². The van der Waals surface area contributed by atoms with Gasteiger partial charge in [-0.25, -0.2) is 4.98 Å². The average Bonchev–Trinajstić information content (AvgIpc) is 3.31. The molecule has 7 nitrogen and oxygen atoms in total. The molecule has 0 aromatic carbocycles. The molecule has 4 heterocycles. The molecule has 0 aliphatic carbocycles. The van der Waals surface area contributed by atoms with Gasteiger partial charge in [-0.1, -0.05) is 6.07 Å². The molecule has 1 fully saturated rings. The molecule has 0 saturated carbocycles. The van der Waals surface area contributed by atoms with E-state index in [0.717, 1.165) is 30.9 Å². The van der Waals surface area contributed by atoms with Gasteiger partial charge in [-0.05, 0) is 31.0 Å².